The van der Waals surface area contributed by atoms with E-state index in [4.69, 9.17) is 0 Å². The Morgan fingerprint density at radius 1 is 0.862 bits per heavy atom. The van der Waals surface area contributed by atoms with Gasteiger partial charge in [-0.1, -0.05) is 108 Å². The van der Waals surface area contributed by atoms with E-state index in [9.17, 15) is 9.50 Å². The van der Waals surface area contributed by atoms with Crippen LogP contribution in [0.15, 0.2) is 24.3 Å². The molecule has 1 N–H and O–H groups in total. The fraction of sp³-hybridized carbons (Fsp3) is 0.704. The molecule has 2 aliphatic carbocycles. The van der Waals surface area contributed by atoms with E-state index in [-0.39, 0.29) is 5.82 Å². The van der Waals surface area contributed by atoms with Crippen LogP contribution in [-0.2, 0) is 0 Å². The monoisotopic (exact) mass is 398 g/mol. The average Bonchev–Trinajstić information content (AvgIpc) is 2.74. The summed E-state index contributed by atoms with van der Waals surface area (Å²) in [5, 5.41) is 10.3. The number of rotatable bonds is 7. The summed E-state index contributed by atoms with van der Waals surface area (Å²) in [6.45, 7) is 2.32. The lowest BCUT2D eigenvalue weighted by molar-refractivity contribution is 0.157. The van der Waals surface area contributed by atoms with Gasteiger partial charge < -0.3 is 5.11 Å². The van der Waals surface area contributed by atoms with Crippen molar-refractivity contribution in [1.29, 1.82) is 0 Å². The van der Waals surface area contributed by atoms with Crippen LogP contribution < -0.4 is 0 Å². The molecule has 0 saturated heterocycles. The molecule has 3 rings (SSSR count). The maximum Gasteiger partial charge on any atom is 0.138 e. The minimum absolute atomic E-state index is 0.313. The molecule has 160 valence electrons. The van der Waals surface area contributed by atoms with E-state index in [0.717, 1.165) is 24.2 Å². The van der Waals surface area contributed by atoms with Gasteiger partial charge in [-0.2, -0.15) is 0 Å². The summed E-state index contributed by atoms with van der Waals surface area (Å²) in [6.07, 6.45) is 16.6. The van der Waals surface area contributed by atoms with Crippen molar-refractivity contribution in [2.75, 3.05) is 0 Å². The second kappa shape index (κ2) is 11.8. The highest BCUT2D eigenvalue weighted by Crippen LogP contribution is 2.38. The first-order valence-electron chi connectivity index (χ1n) is 12.1. The highest BCUT2D eigenvalue weighted by Gasteiger charge is 2.25. The van der Waals surface area contributed by atoms with Gasteiger partial charge in [0.2, 0.25) is 0 Å². The lowest BCUT2D eigenvalue weighted by atomic mass is 9.74. The quantitative estimate of drug-likeness (QED) is 0.485. The SMILES string of the molecule is CCC[C@H]1CC[C@H](CCC2CCC(CC(O)C#Cc3ccccc3F)CC2)CC1. The Morgan fingerprint density at radius 3 is 1.93 bits per heavy atom. The highest BCUT2D eigenvalue weighted by atomic mass is 19.1. The van der Waals surface area contributed by atoms with Gasteiger partial charge in [-0.05, 0) is 42.2 Å². The Morgan fingerprint density at radius 2 is 1.38 bits per heavy atom. The minimum Gasteiger partial charge on any atom is -0.380 e. The van der Waals surface area contributed by atoms with Crippen LogP contribution in [0.1, 0.15) is 96.0 Å². The topological polar surface area (TPSA) is 20.2 Å². The van der Waals surface area contributed by atoms with E-state index in [1.807, 2.05) is 0 Å². The molecular formula is C27H39FO. The van der Waals surface area contributed by atoms with Crippen molar-refractivity contribution in [2.24, 2.45) is 23.7 Å². The Balaban J connectivity index is 1.32. The first-order chi connectivity index (χ1) is 14.1. The predicted molar refractivity (Wildman–Crippen MR) is 119 cm³/mol. The lowest BCUT2D eigenvalue weighted by Gasteiger charge is -2.32. The Labute approximate surface area is 177 Å². The smallest absolute Gasteiger partial charge is 0.138 e. The first-order valence-corrected chi connectivity index (χ1v) is 12.1. The second-order valence-corrected chi connectivity index (χ2v) is 9.64. The zero-order valence-corrected chi connectivity index (χ0v) is 18.2. The molecular weight excluding hydrogens is 359 g/mol. The van der Waals surface area contributed by atoms with Crippen LogP contribution in [0.4, 0.5) is 4.39 Å². The van der Waals surface area contributed by atoms with Crippen molar-refractivity contribution in [2.45, 2.75) is 96.5 Å². The molecule has 1 aromatic carbocycles. The zero-order valence-electron chi connectivity index (χ0n) is 18.2. The van der Waals surface area contributed by atoms with Gasteiger partial charge >= 0.3 is 0 Å². The van der Waals surface area contributed by atoms with E-state index < -0.39 is 6.10 Å². The van der Waals surface area contributed by atoms with Crippen LogP contribution in [0, 0.1) is 41.3 Å². The second-order valence-electron chi connectivity index (χ2n) is 9.64. The number of aliphatic hydroxyl groups is 1. The summed E-state index contributed by atoms with van der Waals surface area (Å²) < 4.78 is 13.6. The van der Waals surface area contributed by atoms with E-state index in [2.05, 4.69) is 18.8 Å². The van der Waals surface area contributed by atoms with Crippen molar-refractivity contribution in [3.8, 4) is 11.8 Å². The molecule has 0 heterocycles. The number of halogens is 1. The Hall–Kier alpha value is -1.33. The molecule has 2 heteroatoms. The van der Waals surface area contributed by atoms with Gasteiger partial charge in [-0.3, -0.25) is 0 Å². The van der Waals surface area contributed by atoms with Crippen molar-refractivity contribution >= 4 is 0 Å². The third-order valence-corrected chi connectivity index (χ3v) is 7.42. The summed E-state index contributed by atoms with van der Waals surface area (Å²) in [5.74, 6) is 8.79. The van der Waals surface area contributed by atoms with Crippen LogP contribution in [0.5, 0.6) is 0 Å². The standard InChI is InChI=1S/C27H39FO/c1-2-5-21-8-10-22(11-9-21)12-13-23-14-16-24(17-15-23)20-26(29)19-18-25-6-3-4-7-27(25)28/h3-4,6-7,21-24,26,29H,2,5,8-17,20H2,1H3/t21-,22-,23?,24?,26?. The summed E-state index contributed by atoms with van der Waals surface area (Å²) in [5.41, 5.74) is 0.374. The largest absolute Gasteiger partial charge is 0.380 e. The van der Waals surface area contributed by atoms with Crippen molar-refractivity contribution in [3.05, 3.63) is 35.6 Å². The maximum absolute atomic E-state index is 13.6. The molecule has 0 bridgehead atoms. The number of benzene rings is 1. The first kappa shape index (κ1) is 22.4. The summed E-state index contributed by atoms with van der Waals surface area (Å²) in [4.78, 5) is 0. The normalized spacial score (nSPS) is 28.4. The van der Waals surface area contributed by atoms with Gasteiger partial charge in [-0.25, -0.2) is 4.39 Å². The zero-order chi connectivity index (χ0) is 20.5. The molecule has 2 saturated carbocycles. The van der Waals surface area contributed by atoms with Crippen molar-refractivity contribution < 1.29 is 9.50 Å². The molecule has 2 fully saturated rings. The average molecular weight is 399 g/mol. The van der Waals surface area contributed by atoms with Crippen LogP contribution in [-0.4, -0.2) is 11.2 Å². The van der Waals surface area contributed by atoms with Crippen LogP contribution in [0.25, 0.3) is 0 Å². The van der Waals surface area contributed by atoms with E-state index >= 15 is 0 Å². The van der Waals surface area contributed by atoms with Gasteiger partial charge in [0.25, 0.3) is 0 Å². The van der Waals surface area contributed by atoms with Gasteiger partial charge in [0.1, 0.15) is 11.9 Å². The molecule has 0 spiro atoms. The molecule has 1 atom stereocenters. The third kappa shape index (κ3) is 7.45. The summed E-state index contributed by atoms with van der Waals surface area (Å²) >= 11 is 0. The van der Waals surface area contributed by atoms with E-state index in [1.54, 1.807) is 18.2 Å². The molecule has 0 radical (unpaired) electrons. The Bertz CT molecular complexity index is 657. The summed E-state index contributed by atoms with van der Waals surface area (Å²) in [7, 11) is 0. The third-order valence-electron chi connectivity index (χ3n) is 7.42. The Kier molecular flexibility index (Phi) is 9.06. The molecule has 1 aromatic rings. The molecule has 0 amide bonds. The summed E-state index contributed by atoms with van der Waals surface area (Å²) in [6, 6.07) is 6.51. The van der Waals surface area contributed by atoms with Gasteiger partial charge in [0.15, 0.2) is 0 Å². The van der Waals surface area contributed by atoms with E-state index in [0.29, 0.717) is 11.5 Å². The van der Waals surface area contributed by atoms with Gasteiger partial charge in [-0.15, -0.1) is 0 Å². The molecule has 29 heavy (non-hydrogen) atoms. The fourth-order valence-electron chi connectivity index (χ4n) is 5.54. The van der Waals surface area contributed by atoms with Gasteiger partial charge in [0, 0.05) is 0 Å². The minimum atomic E-state index is -0.644. The van der Waals surface area contributed by atoms with Crippen LogP contribution in [0.3, 0.4) is 0 Å². The van der Waals surface area contributed by atoms with Crippen LogP contribution >= 0.6 is 0 Å². The predicted octanol–water partition coefficient (Wildman–Crippen LogP) is 7.12. The van der Waals surface area contributed by atoms with Crippen molar-refractivity contribution in [1.82, 2.24) is 0 Å². The van der Waals surface area contributed by atoms with Crippen LogP contribution in [0.2, 0.25) is 0 Å². The lowest BCUT2D eigenvalue weighted by Crippen LogP contribution is -2.20. The number of hydrogen-bond donors (Lipinski definition) is 1. The fourth-order valence-corrected chi connectivity index (χ4v) is 5.54. The van der Waals surface area contributed by atoms with Crippen molar-refractivity contribution in [3.63, 3.8) is 0 Å². The molecule has 2 aliphatic rings. The molecule has 0 aliphatic heterocycles. The molecule has 1 nitrogen and oxygen atoms in total. The molecule has 0 aromatic heterocycles. The van der Waals surface area contributed by atoms with Gasteiger partial charge in [0.05, 0.1) is 5.56 Å². The molecule has 1 unspecified atom stereocenters. The number of aliphatic hydroxyl groups excluding tert-OH is 1. The maximum atomic E-state index is 13.6. The number of hydrogen-bond acceptors (Lipinski definition) is 1. The highest BCUT2D eigenvalue weighted by molar-refractivity contribution is 5.35. The van der Waals surface area contributed by atoms with E-state index in [1.165, 1.54) is 83.1 Å².